The fourth-order valence-electron chi connectivity index (χ4n) is 3.40. The Morgan fingerprint density at radius 2 is 2.11 bits per heavy atom. The number of halogens is 1. The summed E-state index contributed by atoms with van der Waals surface area (Å²) in [6.45, 7) is 9.97. The summed E-state index contributed by atoms with van der Waals surface area (Å²) in [6.07, 6.45) is 2.86. The van der Waals surface area contributed by atoms with Crippen molar-refractivity contribution in [1.82, 2.24) is 20.4 Å². The third-order valence-electron chi connectivity index (χ3n) is 4.90. The van der Waals surface area contributed by atoms with Gasteiger partial charge in [0, 0.05) is 44.4 Å². The van der Waals surface area contributed by atoms with Crippen molar-refractivity contribution in [3.05, 3.63) is 47.6 Å². The number of rotatable bonds is 7. The molecule has 0 spiro atoms. The normalized spacial score (nSPS) is 17.1. The predicted octanol–water partition coefficient (Wildman–Crippen LogP) is 4.20. The second-order valence-corrected chi connectivity index (χ2v) is 7.38. The molecule has 1 aliphatic heterocycles. The van der Waals surface area contributed by atoms with E-state index in [1.54, 1.807) is 0 Å². The maximum Gasteiger partial charge on any atom is 0.226 e. The van der Waals surface area contributed by atoms with E-state index in [0.717, 1.165) is 50.8 Å². The molecule has 1 atom stereocenters. The van der Waals surface area contributed by atoms with Crippen LogP contribution in [0.25, 0.3) is 0 Å². The average molecular weight is 497 g/mol. The van der Waals surface area contributed by atoms with E-state index in [4.69, 9.17) is 9.52 Å². The highest BCUT2D eigenvalue weighted by molar-refractivity contribution is 14.0. The first-order valence-electron chi connectivity index (χ1n) is 10.1. The molecule has 1 aliphatic rings. The summed E-state index contributed by atoms with van der Waals surface area (Å²) in [4.78, 5) is 11.6. The van der Waals surface area contributed by atoms with Gasteiger partial charge in [0.1, 0.15) is 0 Å². The minimum Gasteiger partial charge on any atom is -0.357 e. The number of guanidine groups is 1. The third kappa shape index (κ3) is 6.18. The Kier molecular flexibility index (Phi) is 9.21. The second-order valence-electron chi connectivity index (χ2n) is 7.38. The highest BCUT2D eigenvalue weighted by Crippen LogP contribution is 2.26. The van der Waals surface area contributed by atoms with Gasteiger partial charge in [0.2, 0.25) is 5.89 Å². The van der Waals surface area contributed by atoms with Crippen LogP contribution >= 0.6 is 24.0 Å². The summed E-state index contributed by atoms with van der Waals surface area (Å²) < 4.78 is 5.31. The van der Waals surface area contributed by atoms with Crippen molar-refractivity contribution in [2.75, 3.05) is 26.2 Å². The lowest BCUT2D eigenvalue weighted by atomic mass is 9.99. The van der Waals surface area contributed by atoms with Crippen LogP contribution in [0.15, 0.2) is 39.8 Å². The Morgan fingerprint density at radius 1 is 1.32 bits per heavy atom. The summed E-state index contributed by atoms with van der Waals surface area (Å²) in [5, 5.41) is 7.46. The fraction of sp³-hybridized carbons (Fsp3) is 0.571. The van der Waals surface area contributed by atoms with E-state index < -0.39 is 0 Å². The topological polar surface area (TPSA) is 66.5 Å². The molecule has 1 aromatic carbocycles. The molecule has 6 nitrogen and oxygen atoms in total. The molecule has 2 heterocycles. The summed E-state index contributed by atoms with van der Waals surface area (Å²) in [6, 6.07) is 10.8. The Balaban J connectivity index is 0.00000280. The first-order chi connectivity index (χ1) is 13.2. The van der Waals surface area contributed by atoms with Crippen molar-refractivity contribution < 1.29 is 4.52 Å². The fourth-order valence-corrected chi connectivity index (χ4v) is 3.40. The standard InChI is InChI=1S/C21H31N5O.HI/c1-4-22-21(23-13-8-11-19-24-20(16(2)3)25-27-19)26-14-12-18(15-26)17-9-6-5-7-10-17;/h5-7,9-10,16,18H,4,8,11-15H2,1-3H3,(H,22,23);1H. The number of likely N-dealkylation sites (tertiary alicyclic amines) is 1. The van der Waals surface area contributed by atoms with Gasteiger partial charge in [0.05, 0.1) is 0 Å². The Morgan fingerprint density at radius 3 is 2.79 bits per heavy atom. The monoisotopic (exact) mass is 497 g/mol. The number of hydrogen-bond acceptors (Lipinski definition) is 4. The van der Waals surface area contributed by atoms with Crippen LogP contribution in [-0.2, 0) is 6.42 Å². The molecule has 7 heteroatoms. The molecular weight excluding hydrogens is 465 g/mol. The van der Waals surface area contributed by atoms with Crippen LogP contribution in [-0.4, -0.2) is 47.2 Å². The summed E-state index contributed by atoms with van der Waals surface area (Å²) in [5.74, 6) is 3.40. The van der Waals surface area contributed by atoms with Crippen molar-refractivity contribution in [3.63, 3.8) is 0 Å². The molecule has 1 fully saturated rings. The molecule has 0 bridgehead atoms. The molecule has 28 heavy (non-hydrogen) atoms. The zero-order chi connectivity index (χ0) is 19.1. The zero-order valence-corrected chi connectivity index (χ0v) is 19.4. The Hall–Kier alpha value is -1.64. The minimum absolute atomic E-state index is 0. The van der Waals surface area contributed by atoms with E-state index in [0.29, 0.717) is 17.7 Å². The molecule has 154 valence electrons. The molecule has 1 aromatic heterocycles. The summed E-state index contributed by atoms with van der Waals surface area (Å²) in [7, 11) is 0. The summed E-state index contributed by atoms with van der Waals surface area (Å²) >= 11 is 0. The first-order valence-corrected chi connectivity index (χ1v) is 10.1. The molecule has 1 N–H and O–H groups in total. The van der Waals surface area contributed by atoms with E-state index in [-0.39, 0.29) is 24.0 Å². The quantitative estimate of drug-likeness (QED) is 0.269. The van der Waals surface area contributed by atoms with E-state index in [9.17, 15) is 0 Å². The number of aromatic nitrogens is 2. The van der Waals surface area contributed by atoms with Crippen LogP contribution in [0.5, 0.6) is 0 Å². The largest absolute Gasteiger partial charge is 0.357 e. The highest BCUT2D eigenvalue weighted by Gasteiger charge is 2.25. The minimum atomic E-state index is 0. The van der Waals surface area contributed by atoms with Crippen molar-refractivity contribution in [1.29, 1.82) is 0 Å². The lowest BCUT2D eigenvalue weighted by Gasteiger charge is -2.21. The van der Waals surface area contributed by atoms with Crippen LogP contribution in [0.1, 0.15) is 62.7 Å². The Bertz CT molecular complexity index is 731. The molecule has 0 saturated carbocycles. The highest BCUT2D eigenvalue weighted by atomic mass is 127. The summed E-state index contributed by atoms with van der Waals surface area (Å²) in [5.41, 5.74) is 1.42. The molecule has 3 rings (SSSR count). The van der Waals surface area contributed by atoms with Crippen LogP contribution in [0.4, 0.5) is 0 Å². The lowest BCUT2D eigenvalue weighted by Crippen LogP contribution is -2.40. The number of hydrogen-bond donors (Lipinski definition) is 1. The van der Waals surface area contributed by atoms with Gasteiger partial charge >= 0.3 is 0 Å². The van der Waals surface area contributed by atoms with Crippen molar-refractivity contribution in [2.24, 2.45) is 4.99 Å². The number of nitrogens with one attached hydrogen (secondary N) is 1. The second kappa shape index (κ2) is 11.4. The van der Waals surface area contributed by atoms with Crippen molar-refractivity contribution >= 4 is 29.9 Å². The maximum absolute atomic E-state index is 5.31. The number of benzene rings is 1. The third-order valence-corrected chi connectivity index (χ3v) is 4.90. The maximum atomic E-state index is 5.31. The van der Waals surface area contributed by atoms with Crippen LogP contribution in [0, 0.1) is 0 Å². The predicted molar refractivity (Wildman–Crippen MR) is 123 cm³/mol. The molecule has 0 radical (unpaired) electrons. The van der Waals surface area contributed by atoms with Crippen molar-refractivity contribution in [3.8, 4) is 0 Å². The van der Waals surface area contributed by atoms with Gasteiger partial charge in [-0.15, -0.1) is 24.0 Å². The van der Waals surface area contributed by atoms with Crippen LogP contribution in [0.3, 0.4) is 0 Å². The Labute approximate surface area is 185 Å². The molecule has 0 amide bonds. The van der Waals surface area contributed by atoms with E-state index in [2.05, 4.69) is 71.5 Å². The van der Waals surface area contributed by atoms with Crippen LogP contribution < -0.4 is 5.32 Å². The number of nitrogens with zero attached hydrogens (tertiary/aromatic N) is 4. The number of aryl methyl sites for hydroxylation is 1. The molecule has 1 saturated heterocycles. The first kappa shape index (κ1) is 22.6. The molecule has 0 aliphatic carbocycles. The lowest BCUT2D eigenvalue weighted by molar-refractivity contribution is 0.369. The van der Waals surface area contributed by atoms with Crippen molar-refractivity contribution in [2.45, 2.75) is 51.9 Å². The van der Waals surface area contributed by atoms with Crippen LogP contribution in [0.2, 0.25) is 0 Å². The van der Waals surface area contributed by atoms with Gasteiger partial charge in [-0.25, -0.2) is 0 Å². The van der Waals surface area contributed by atoms with Gasteiger partial charge in [-0.1, -0.05) is 49.3 Å². The SMILES string of the molecule is CCNC(=NCCCc1nc(C(C)C)no1)N1CCC(c2ccccc2)C1.I. The smallest absolute Gasteiger partial charge is 0.226 e. The van der Waals surface area contributed by atoms with Gasteiger partial charge in [-0.05, 0) is 25.3 Å². The average Bonchev–Trinajstić information content (AvgIpc) is 3.35. The number of aliphatic imine (C=N–C) groups is 1. The molecule has 1 unspecified atom stereocenters. The van der Waals surface area contributed by atoms with Gasteiger partial charge in [-0.3, -0.25) is 4.99 Å². The van der Waals surface area contributed by atoms with E-state index in [1.165, 1.54) is 12.0 Å². The zero-order valence-electron chi connectivity index (χ0n) is 17.1. The molecule has 2 aromatic rings. The van der Waals surface area contributed by atoms with E-state index >= 15 is 0 Å². The van der Waals surface area contributed by atoms with Gasteiger partial charge < -0.3 is 14.7 Å². The van der Waals surface area contributed by atoms with Gasteiger partial charge in [0.15, 0.2) is 11.8 Å². The van der Waals surface area contributed by atoms with Gasteiger partial charge in [-0.2, -0.15) is 4.98 Å². The molecular formula is C21H32IN5O. The van der Waals surface area contributed by atoms with E-state index in [1.807, 2.05) is 0 Å². The van der Waals surface area contributed by atoms with Gasteiger partial charge in [0.25, 0.3) is 0 Å².